The van der Waals surface area contributed by atoms with E-state index in [1.807, 2.05) is 12.4 Å². The van der Waals surface area contributed by atoms with Crippen LogP contribution in [0.15, 0.2) is 42.7 Å². The molecule has 1 heterocycles. The molecule has 4 atom stereocenters. The van der Waals surface area contributed by atoms with Crippen LogP contribution in [-0.2, 0) is 11.3 Å². The van der Waals surface area contributed by atoms with E-state index in [0.29, 0.717) is 36.8 Å². The summed E-state index contributed by atoms with van der Waals surface area (Å²) in [5.74, 6) is 3.49. The lowest BCUT2D eigenvalue weighted by Gasteiger charge is -2.55. The van der Waals surface area contributed by atoms with Crippen LogP contribution in [-0.4, -0.2) is 21.5 Å². The van der Waals surface area contributed by atoms with Crippen molar-refractivity contribution in [2.45, 2.75) is 70.4 Å². The van der Waals surface area contributed by atoms with E-state index < -0.39 is 0 Å². The van der Waals surface area contributed by atoms with Gasteiger partial charge in [-0.3, -0.25) is 4.79 Å². The van der Waals surface area contributed by atoms with E-state index in [9.17, 15) is 4.79 Å². The molecule has 4 heteroatoms. The third-order valence-corrected chi connectivity index (χ3v) is 6.54. The van der Waals surface area contributed by atoms with Gasteiger partial charge in [-0.15, -0.1) is 0 Å². The molecular formula is C23H31N3O. The van der Waals surface area contributed by atoms with Crippen LogP contribution >= 0.6 is 0 Å². The molecule has 1 aromatic carbocycles. The minimum absolute atomic E-state index is 0.174. The number of fused-ring (bicyclic) bond motifs is 1. The van der Waals surface area contributed by atoms with Gasteiger partial charge in [0.25, 0.3) is 0 Å². The van der Waals surface area contributed by atoms with Gasteiger partial charge in [-0.05, 0) is 30.2 Å². The van der Waals surface area contributed by atoms with E-state index in [1.165, 1.54) is 31.2 Å². The summed E-state index contributed by atoms with van der Waals surface area (Å²) in [6.07, 6.45) is 9.55. The zero-order valence-electron chi connectivity index (χ0n) is 16.5. The van der Waals surface area contributed by atoms with Crippen molar-refractivity contribution in [1.29, 1.82) is 0 Å². The minimum Gasteiger partial charge on any atom is -0.352 e. The number of aryl methyl sites for hydroxylation is 1. The predicted octanol–water partition coefficient (Wildman–Crippen LogP) is 4.49. The summed E-state index contributed by atoms with van der Waals surface area (Å²) in [6.45, 7) is 4.98. The van der Waals surface area contributed by atoms with Crippen LogP contribution in [0.3, 0.4) is 0 Å². The number of imidazole rings is 1. The average molecular weight is 366 g/mol. The monoisotopic (exact) mass is 365 g/mol. The molecule has 2 aromatic rings. The van der Waals surface area contributed by atoms with Crippen molar-refractivity contribution in [2.24, 2.45) is 11.8 Å². The molecule has 2 aliphatic rings. The first-order chi connectivity index (χ1) is 13.1. The molecular weight excluding hydrogens is 334 g/mol. The summed E-state index contributed by atoms with van der Waals surface area (Å²) in [6, 6.07) is 11.1. The normalized spacial score (nSPS) is 27.1. The van der Waals surface area contributed by atoms with Crippen molar-refractivity contribution >= 4 is 5.91 Å². The summed E-state index contributed by atoms with van der Waals surface area (Å²) < 4.78 is 2.11. The van der Waals surface area contributed by atoms with E-state index in [-0.39, 0.29) is 5.91 Å². The van der Waals surface area contributed by atoms with Crippen molar-refractivity contribution in [3.8, 4) is 0 Å². The Hall–Kier alpha value is -2.10. The van der Waals surface area contributed by atoms with Crippen molar-refractivity contribution in [1.82, 2.24) is 14.9 Å². The number of aromatic nitrogens is 2. The Morgan fingerprint density at radius 3 is 2.67 bits per heavy atom. The Balaban J connectivity index is 1.40. The van der Waals surface area contributed by atoms with Crippen molar-refractivity contribution in [2.75, 3.05) is 0 Å². The van der Waals surface area contributed by atoms with Crippen LogP contribution in [0.25, 0.3) is 0 Å². The molecule has 4 rings (SSSR count). The largest absolute Gasteiger partial charge is 0.352 e. The molecule has 1 aromatic heterocycles. The van der Waals surface area contributed by atoms with E-state index >= 15 is 0 Å². The maximum Gasteiger partial charge on any atom is 0.222 e. The fourth-order valence-electron chi connectivity index (χ4n) is 5.28. The van der Waals surface area contributed by atoms with Gasteiger partial charge < -0.3 is 9.88 Å². The molecule has 4 nitrogen and oxygen atoms in total. The summed E-state index contributed by atoms with van der Waals surface area (Å²) in [5, 5.41) is 3.40. The number of nitrogens with zero attached hydrogens (tertiary/aromatic N) is 2. The van der Waals surface area contributed by atoms with Gasteiger partial charge in [0.05, 0.1) is 0 Å². The van der Waals surface area contributed by atoms with E-state index in [2.05, 4.69) is 59.0 Å². The minimum atomic E-state index is 0.174. The maximum atomic E-state index is 12.7. The number of hydrogen-bond acceptors (Lipinski definition) is 2. The summed E-state index contributed by atoms with van der Waals surface area (Å²) >= 11 is 0. The van der Waals surface area contributed by atoms with Gasteiger partial charge >= 0.3 is 0 Å². The SMILES string of the molecule is CC(C)c1nccn1CCC(=O)N[C@H]1C2CCCCC2[C@@H]1c1ccccc1. The number of nitrogens with one attached hydrogen (secondary N) is 1. The van der Waals surface area contributed by atoms with Crippen LogP contribution in [0.2, 0.25) is 0 Å². The molecule has 0 radical (unpaired) electrons. The molecule has 27 heavy (non-hydrogen) atoms. The lowest BCUT2D eigenvalue weighted by atomic mass is 9.53. The second-order valence-corrected chi connectivity index (χ2v) is 8.53. The number of rotatable bonds is 6. The van der Waals surface area contributed by atoms with Gasteiger partial charge in [0.15, 0.2) is 0 Å². The van der Waals surface area contributed by atoms with E-state index in [1.54, 1.807) is 0 Å². The van der Waals surface area contributed by atoms with E-state index in [0.717, 1.165) is 11.7 Å². The molecule has 2 unspecified atom stereocenters. The van der Waals surface area contributed by atoms with Crippen LogP contribution in [0.1, 0.15) is 69.2 Å². The Kier molecular flexibility index (Phi) is 5.33. The highest BCUT2D eigenvalue weighted by atomic mass is 16.1. The lowest BCUT2D eigenvalue weighted by molar-refractivity contribution is -0.125. The van der Waals surface area contributed by atoms with Gasteiger partial charge in [-0.2, -0.15) is 0 Å². The standard InChI is InChI=1S/C23H31N3O/c1-16(2)23-24-13-15-26(23)14-12-20(27)25-22-19-11-7-6-10-18(19)21(22)17-8-4-3-5-9-17/h3-5,8-9,13,15-16,18-19,21-22H,6-7,10-12,14H2,1-2H3,(H,25,27)/t18?,19?,21-,22-/m0/s1. The van der Waals surface area contributed by atoms with Crippen LogP contribution in [0.5, 0.6) is 0 Å². The first-order valence-electron chi connectivity index (χ1n) is 10.5. The lowest BCUT2D eigenvalue weighted by Crippen LogP contribution is -2.59. The number of carbonyl (C=O) groups is 1. The fourth-order valence-corrected chi connectivity index (χ4v) is 5.28. The first-order valence-corrected chi connectivity index (χ1v) is 10.5. The topological polar surface area (TPSA) is 46.9 Å². The van der Waals surface area contributed by atoms with Gasteiger partial charge in [-0.1, -0.05) is 57.0 Å². The van der Waals surface area contributed by atoms with Crippen LogP contribution < -0.4 is 5.32 Å². The molecule has 2 fully saturated rings. The molecule has 2 saturated carbocycles. The molecule has 0 aliphatic heterocycles. The fraction of sp³-hybridized carbons (Fsp3) is 0.565. The Morgan fingerprint density at radius 1 is 1.19 bits per heavy atom. The number of carbonyl (C=O) groups excluding carboxylic acids is 1. The summed E-state index contributed by atoms with van der Waals surface area (Å²) in [7, 11) is 0. The van der Waals surface area contributed by atoms with Crippen molar-refractivity contribution < 1.29 is 4.79 Å². The molecule has 0 spiro atoms. The van der Waals surface area contributed by atoms with Crippen molar-refractivity contribution in [3.05, 3.63) is 54.1 Å². The molecule has 1 amide bonds. The highest BCUT2D eigenvalue weighted by molar-refractivity contribution is 5.76. The highest BCUT2D eigenvalue weighted by Gasteiger charge is 2.51. The van der Waals surface area contributed by atoms with Crippen molar-refractivity contribution in [3.63, 3.8) is 0 Å². The second kappa shape index (κ2) is 7.87. The molecule has 1 N–H and O–H groups in total. The second-order valence-electron chi connectivity index (χ2n) is 8.53. The van der Waals surface area contributed by atoms with Gasteiger partial charge in [0.2, 0.25) is 5.91 Å². The molecule has 144 valence electrons. The number of hydrogen-bond donors (Lipinski definition) is 1. The quantitative estimate of drug-likeness (QED) is 0.820. The van der Waals surface area contributed by atoms with Gasteiger partial charge in [0.1, 0.15) is 5.82 Å². The molecule has 2 aliphatic carbocycles. The number of benzene rings is 1. The Labute approximate surface area is 162 Å². The predicted molar refractivity (Wildman–Crippen MR) is 107 cm³/mol. The van der Waals surface area contributed by atoms with Gasteiger partial charge in [-0.25, -0.2) is 4.98 Å². The third-order valence-electron chi connectivity index (χ3n) is 6.54. The average Bonchev–Trinajstić information content (AvgIpc) is 3.15. The maximum absolute atomic E-state index is 12.7. The summed E-state index contributed by atoms with van der Waals surface area (Å²) in [4.78, 5) is 17.1. The highest BCUT2D eigenvalue weighted by Crippen LogP contribution is 2.54. The molecule has 0 bridgehead atoms. The number of amides is 1. The smallest absolute Gasteiger partial charge is 0.222 e. The third kappa shape index (κ3) is 3.67. The zero-order chi connectivity index (χ0) is 18.8. The first kappa shape index (κ1) is 18.3. The van der Waals surface area contributed by atoms with Gasteiger partial charge in [0, 0.05) is 43.2 Å². The Bertz CT molecular complexity index is 767. The molecule has 0 saturated heterocycles. The summed E-state index contributed by atoms with van der Waals surface area (Å²) in [5.41, 5.74) is 1.39. The van der Waals surface area contributed by atoms with Crippen LogP contribution in [0.4, 0.5) is 0 Å². The van der Waals surface area contributed by atoms with Crippen LogP contribution in [0, 0.1) is 11.8 Å². The van der Waals surface area contributed by atoms with E-state index in [4.69, 9.17) is 0 Å². The Morgan fingerprint density at radius 2 is 1.93 bits per heavy atom. The zero-order valence-corrected chi connectivity index (χ0v) is 16.5.